The van der Waals surface area contributed by atoms with Crippen molar-refractivity contribution in [2.45, 2.75) is 63.1 Å². The van der Waals surface area contributed by atoms with E-state index >= 15 is 0 Å². The van der Waals surface area contributed by atoms with E-state index in [0.717, 1.165) is 19.2 Å². The van der Waals surface area contributed by atoms with E-state index in [1.807, 2.05) is 0 Å². The standard InChI is InChI=1S/C16H31N3O/c1-14(13-17)18-7-9-19(10-8-18)15-4-11-20-16(12-15)5-2-3-6-16/h14-15H,2-13,17H2,1H3. The molecule has 2 heterocycles. The Hall–Kier alpha value is -0.160. The number of ether oxygens (including phenoxy) is 1. The third kappa shape index (κ3) is 3.03. The number of nitrogens with zero attached hydrogens (tertiary/aromatic N) is 2. The number of hydrogen-bond acceptors (Lipinski definition) is 4. The summed E-state index contributed by atoms with van der Waals surface area (Å²) in [6, 6.07) is 1.30. The molecule has 2 unspecified atom stereocenters. The van der Waals surface area contributed by atoms with Crippen LogP contribution in [0.3, 0.4) is 0 Å². The van der Waals surface area contributed by atoms with E-state index in [1.165, 1.54) is 64.7 Å². The van der Waals surface area contributed by atoms with Gasteiger partial charge >= 0.3 is 0 Å². The van der Waals surface area contributed by atoms with Crippen LogP contribution in [0.5, 0.6) is 0 Å². The summed E-state index contributed by atoms with van der Waals surface area (Å²) in [5.74, 6) is 0. The highest BCUT2D eigenvalue weighted by atomic mass is 16.5. The molecule has 0 radical (unpaired) electrons. The van der Waals surface area contributed by atoms with Gasteiger partial charge in [-0.05, 0) is 32.6 Å². The molecule has 1 spiro atoms. The minimum atomic E-state index is 0.255. The van der Waals surface area contributed by atoms with Gasteiger partial charge in [-0.25, -0.2) is 0 Å². The minimum Gasteiger partial charge on any atom is -0.375 e. The van der Waals surface area contributed by atoms with Crippen LogP contribution in [0.4, 0.5) is 0 Å². The van der Waals surface area contributed by atoms with Crippen LogP contribution in [-0.2, 0) is 4.74 Å². The number of nitrogens with two attached hydrogens (primary N) is 1. The summed E-state index contributed by atoms with van der Waals surface area (Å²) >= 11 is 0. The van der Waals surface area contributed by atoms with Gasteiger partial charge in [0.2, 0.25) is 0 Å². The average molecular weight is 281 g/mol. The molecular formula is C16H31N3O. The van der Waals surface area contributed by atoms with Crippen molar-refractivity contribution in [2.24, 2.45) is 5.73 Å². The predicted molar refractivity (Wildman–Crippen MR) is 81.8 cm³/mol. The van der Waals surface area contributed by atoms with E-state index in [4.69, 9.17) is 10.5 Å². The molecule has 1 aliphatic carbocycles. The van der Waals surface area contributed by atoms with Gasteiger partial charge in [-0.1, -0.05) is 12.8 Å². The maximum absolute atomic E-state index is 6.17. The Balaban J connectivity index is 1.52. The van der Waals surface area contributed by atoms with E-state index in [2.05, 4.69) is 16.7 Å². The summed E-state index contributed by atoms with van der Waals surface area (Å²) < 4.78 is 6.17. The fourth-order valence-corrected chi connectivity index (χ4v) is 4.37. The topological polar surface area (TPSA) is 41.7 Å². The van der Waals surface area contributed by atoms with Gasteiger partial charge in [0.05, 0.1) is 5.60 Å². The van der Waals surface area contributed by atoms with Crippen LogP contribution in [0.15, 0.2) is 0 Å². The first-order valence-electron chi connectivity index (χ1n) is 8.55. The highest BCUT2D eigenvalue weighted by Gasteiger charge is 2.41. The Morgan fingerprint density at radius 3 is 2.55 bits per heavy atom. The number of rotatable bonds is 3. The normalized spacial score (nSPS) is 33.6. The first kappa shape index (κ1) is 14.8. The minimum absolute atomic E-state index is 0.255. The second-order valence-corrected chi connectivity index (χ2v) is 7.04. The van der Waals surface area contributed by atoms with Crippen molar-refractivity contribution >= 4 is 0 Å². The van der Waals surface area contributed by atoms with E-state index in [-0.39, 0.29) is 5.60 Å². The van der Waals surface area contributed by atoms with Crippen molar-refractivity contribution in [3.63, 3.8) is 0 Å². The molecule has 2 aliphatic heterocycles. The molecule has 2 atom stereocenters. The van der Waals surface area contributed by atoms with Crippen molar-refractivity contribution in [1.29, 1.82) is 0 Å². The molecular weight excluding hydrogens is 250 g/mol. The third-order valence-electron chi connectivity index (χ3n) is 5.81. The Kier molecular flexibility index (Phi) is 4.65. The van der Waals surface area contributed by atoms with E-state index in [0.29, 0.717) is 6.04 Å². The molecule has 4 heteroatoms. The second kappa shape index (κ2) is 6.30. The van der Waals surface area contributed by atoms with Gasteiger partial charge in [0.25, 0.3) is 0 Å². The van der Waals surface area contributed by atoms with Crippen molar-refractivity contribution in [3.8, 4) is 0 Å². The molecule has 3 fully saturated rings. The lowest BCUT2D eigenvalue weighted by molar-refractivity contribution is -0.106. The van der Waals surface area contributed by atoms with Crippen LogP contribution in [-0.4, -0.2) is 66.8 Å². The van der Waals surface area contributed by atoms with Gasteiger partial charge in [-0.15, -0.1) is 0 Å². The monoisotopic (exact) mass is 281 g/mol. The lowest BCUT2D eigenvalue weighted by Crippen LogP contribution is -2.56. The zero-order chi connectivity index (χ0) is 14.0. The SMILES string of the molecule is CC(CN)N1CCN(C2CCOC3(CCCC3)C2)CC1. The quantitative estimate of drug-likeness (QED) is 0.850. The lowest BCUT2D eigenvalue weighted by Gasteiger charge is -2.46. The summed E-state index contributed by atoms with van der Waals surface area (Å²) in [5, 5.41) is 0. The summed E-state index contributed by atoms with van der Waals surface area (Å²) in [5.41, 5.74) is 6.04. The molecule has 3 aliphatic rings. The number of piperazine rings is 1. The predicted octanol–water partition coefficient (Wildman–Crippen LogP) is 1.44. The highest BCUT2D eigenvalue weighted by molar-refractivity contribution is 4.95. The molecule has 2 saturated heterocycles. The largest absolute Gasteiger partial charge is 0.375 e. The average Bonchev–Trinajstić information content (AvgIpc) is 2.94. The summed E-state index contributed by atoms with van der Waals surface area (Å²) in [4.78, 5) is 5.27. The van der Waals surface area contributed by atoms with E-state index in [9.17, 15) is 0 Å². The van der Waals surface area contributed by atoms with Crippen LogP contribution in [0.2, 0.25) is 0 Å². The molecule has 4 nitrogen and oxygen atoms in total. The van der Waals surface area contributed by atoms with E-state index in [1.54, 1.807) is 0 Å². The first-order chi connectivity index (χ1) is 9.72. The van der Waals surface area contributed by atoms with Crippen LogP contribution in [0.25, 0.3) is 0 Å². The zero-order valence-corrected chi connectivity index (χ0v) is 13.0. The molecule has 0 bridgehead atoms. The summed E-state index contributed by atoms with van der Waals surface area (Å²) in [6.07, 6.45) is 7.85. The van der Waals surface area contributed by atoms with Gasteiger partial charge in [-0.3, -0.25) is 9.80 Å². The smallest absolute Gasteiger partial charge is 0.0697 e. The van der Waals surface area contributed by atoms with Crippen molar-refractivity contribution in [2.75, 3.05) is 39.3 Å². The fraction of sp³-hybridized carbons (Fsp3) is 1.00. The van der Waals surface area contributed by atoms with Gasteiger partial charge < -0.3 is 10.5 Å². The van der Waals surface area contributed by atoms with Gasteiger partial charge in [0.1, 0.15) is 0 Å². The maximum Gasteiger partial charge on any atom is 0.0697 e. The highest BCUT2D eigenvalue weighted by Crippen LogP contribution is 2.41. The Labute approximate surface area is 123 Å². The first-order valence-corrected chi connectivity index (χ1v) is 8.55. The summed E-state index contributed by atoms with van der Waals surface area (Å²) in [6.45, 7) is 8.80. The molecule has 0 aromatic rings. The maximum atomic E-state index is 6.17. The third-order valence-corrected chi connectivity index (χ3v) is 5.81. The lowest BCUT2D eigenvalue weighted by atomic mass is 9.88. The van der Waals surface area contributed by atoms with Crippen molar-refractivity contribution < 1.29 is 4.74 Å². The Bertz CT molecular complexity index is 309. The molecule has 1 saturated carbocycles. The molecule has 2 N–H and O–H groups in total. The molecule has 0 aromatic carbocycles. The van der Waals surface area contributed by atoms with Gasteiger partial charge in [-0.2, -0.15) is 0 Å². The van der Waals surface area contributed by atoms with Crippen LogP contribution < -0.4 is 5.73 Å². The number of hydrogen-bond donors (Lipinski definition) is 1. The Morgan fingerprint density at radius 1 is 1.20 bits per heavy atom. The van der Waals surface area contributed by atoms with Crippen molar-refractivity contribution in [3.05, 3.63) is 0 Å². The van der Waals surface area contributed by atoms with Crippen LogP contribution in [0.1, 0.15) is 45.4 Å². The Morgan fingerprint density at radius 2 is 1.90 bits per heavy atom. The molecule has 0 aromatic heterocycles. The molecule has 20 heavy (non-hydrogen) atoms. The van der Waals surface area contributed by atoms with Crippen molar-refractivity contribution in [1.82, 2.24) is 9.80 Å². The zero-order valence-electron chi connectivity index (χ0n) is 13.0. The van der Waals surface area contributed by atoms with E-state index < -0.39 is 0 Å². The second-order valence-electron chi connectivity index (χ2n) is 7.04. The fourth-order valence-electron chi connectivity index (χ4n) is 4.37. The molecule has 116 valence electrons. The van der Waals surface area contributed by atoms with Gasteiger partial charge in [0, 0.05) is 51.4 Å². The van der Waals surface area contributed by atoms with Gasteiger partial charge in [0.15, 0.2) is 0 Å². The molecule has 0 amide bonds. The summed E-state index contributed by atoms with van der Waals surface area (Å²) in [7, 11) is 0. The van der Waals surface area contributed by atoms with Crippen LogP contribution >= 0.6 is 0 Å². The van der Waals surface area contributed by atoms with Crippen LogP contribution in [0, 0.1) is 0 Å². The molecule has 3 rings (SSSR count).